The number of fused-ring (bicyclic) bond motifs is 1. The highest BCUT2D eigenvalue weighted by molar-refractivity contribution is 6.31. The Hall–Kier alpha value is -1.90. The molecule has 0 bridgehead atoms. The lowest BCUT2D eigenvalue weighted by Gasteiger charge is -2.12. The summed E-state index contributed by atoms with van der Waals surface area (Å²) in [5, 5.41) is 3.33. The third-order valence-electron chi connectivity index (χ3n) is 3.42. The minimum atomic E-state index is 0.648. The van der Waals surface area contributed by atoms with Gasteiger partial charge in [0.25, 0.3) is 0 Å². The van der Waals surface area contributed by atoms with Crippen LogP contribution in [-0.2, 0) is 0 Å². The molecule has 3 aromatic carbocycles. The van der Waals surface area contributed by atoms with Gasteiger partial charge in [-0.05, 0) is 53.4 Å². The fraction of sp³-hybridized carbons (Fsp3) is 0.0588. The van der Waals surface area contributed by atoms with Gasteiger partial charge in [-0.3, -0.25) is 0 Å². The Morgan fingerprint density at radius 3 is 2.38 bits per heavy atom. The van der Waals surface area contributed by atoms with Gasteiger partial charge in [0.2, 0.25) is 0 Å². The van der Waals surface area contributed by atoms with Crippen LogP contribution >= 0.6 is 23.2 Å². The highest BCUT2D eigenvalue weighted by Gasteiger charge is 2.09. The van der Waals surface area contributed by atoms with Crippen molar-refractivity contribution in [2.45, 2.75) is 0 Å². The zero-order chi connectivity index (χ0) is 15.0. The number of anilines is 1. The van der Waals surface area contributed by atoms with Crippen LogP contribution in [0.1, 0.15) is 0 Å². The molecular formula is C17H13Cl2NO. The molecule has 2 N–H and O–H groups in total. The fourth-order valence-electron chi connectivity index (χ4n) is 2.40. The maximum Gasteiger partial charge on any atom is 0.127 e. The van der Waals surface area contributed by atoms with Gasteiger partial charge in [0.05, 0.1) is 7.11 Å². The van der Waals surface area contributed by atoms with Crippen LogP contribution in [0.15, 0.2) is 48.5 Å². The molecule has 2 nitrogen and oxygen atoms in total. The van der Waals surface area contributed by atoms with E-state index >= 15 is 0 Å². The van der Waals surface area contributed by atoms with E-state index in [-0.39, 0.29) is 0 Å². The van der Waals surface area contributed by atoms with Crippen molar-refractivity contribution in [3.05, 3.63) is 58.6 Å². The monoisotopic (exact) mass is 317 g/mol. The first kappa shape index (κ1) is 14.1. The highest BCUT2D eigenvalue weighted by Crippen LogP contribution is 2.36. The summed E-state index contributed by atoms with van der Waals surface area (Å²) in [7, 11) is 1.64. The van der Waals surface area contributed by atoms with Crippen LogP contribution in [-0.4, -0.2) is 7.11 Å². The van der Waals surface area contributed by atoms with Crippen molar-refractivity contribution in [1.82, 2.24) is 0 Å². The number of nitrogen functional groups attached to an aromatic ring is 1. The average molecular weight is 318 g/mol. The lowest BCUT2D eigenvalue weighted by molar-refractivity contribution is 0.420. The second-order valence-electron chi connectivity index (χ2n) is 4.78. The van der Waals surface area contributed by atoms with Gasteiger partial charge >= 0.3 is 0 Å². The smallest absolute Gasteiger partial charge is 0.127 e. The molecule has 0 unspecified atom stereocenters. The number of methoxy groups -OCH3 is 1. The maximum absolute atomic E-state index is 6.08. The molecule has 3 rings (SSSR count). The van der Waals surface area contributed by atoms with Crippen LogP contribution < -0.4 is 10.5 Å². The summed E-state index contributed by atoms with van der Waals surface area (Å²) in [5.41, 5.74) is 8.58. The van der Waals surface area contributed by atoms with Gasteiger partial charge in [-0.25, -0.2) is 0 Å². The first-order valence-corrected chi connectivity index (χ1v) is 7.17. The molecule has 0 aliphatic carbocycles. The molecule has 0 amide bonds. The molecule has 0 radical (unpaired) electrons. The molecule has 106 valence electrons. The number of halogens is 2. The van der Waals surface area contributed by atoms with Crippen molar-refractivity contribution in [1.29, 1.82) is 0 Å². The minimum Gasteiger partial charge on any atom is -0.496 e. The molecule has 0 saturated carbocycles. The Morgan fingerprint density at radius 2 is 1.62 bits per heavy atom. The summed E-state index contributed by atoms with van der Waals surface area (Å²) in [5.74, 6) is 0.754. The van der Waals surface area contributed by atoms with Crippen LogP contribution in [0.2, 0.25) is 10.0 Å². The zero-order valence-corrected chi connectivity index (χ0v) is 12.9. The summed E-state index contributed by atoms with van der Waals surface area (Å²) in [4.78, 5) is 0. The van der Waals surface area contributed by atoms with Gasteiger partial charge in [0.1, 0.15) is 5.75 Å². The van der Waals surface area contributed by atoms with Gasteiger partial charge in [-0.15, -0.1) is 0 Å². The molecule has 21 heavy (non-hydrogen) atoms. The molecule has 0 heterocycles. The van der Waals surface area contributed by atoms with Crippen LogP contribution in [0, 0.1) is 0 Å². The first-order valence-electron chi connectivity index (χ1n) is 6.41. The predicted octanol–water partition coefficient (Wildman–Crippen LogP) is 5.40. The van der Waals surface area contributed by atoms with Crippen LogP contribution in [0.25, 0.3) is 21.9 Å². The summed E-state index contributed by atoms with van der Waals surface area (Å²) < 4.78 is 5.48. The van der Waals surface area contributed by atoms with Gasteiger partial charge in [-0.2, -0.15) is 0 Å². The second-order valence-corrected chi connectivity index (χ2v) is 5.65. The third kappa shape index (κ3) is 2.65. The van der Waals surface area contributed by atoms with E-state index in [0.717, 1.165) is 27.6 Å². The number of rotatable bonds is 2. The summed E-state index contributed by atoms with van der Waals surface area (Å²) in [6.45, 7) is 0. The van der Waals surface area contributed by atoms with Gasteiger partial charge in [-0.1, -0.05) is 29.3 Å². The normalized spacial score (nSPS) is 10.8. The van der Waals surface area contributed by atoms with Crippen molar-refractivity contribution in [2.75, 3.05) is 12.8 Å². The third-order valence-corrected chi connectivity index (χ3v) is 3.89. The van der Waals surface area contributed by atoms with Gasteiger partial charge in [0.15, 0.2) is 0 Å². The molecule has 4 heteroatoms. The van der Waals surface area contributed by atoms with E-state index in [1.54, 1.807) is 19.2 Å². The minimum absolute atomic E-state index is 0.648. The van der Waals surface area contributed by atoms with Crippen molar-refractivity contribution < 1.29 is 4.74 Å². The highest BCUT2D eigenvalue weighted by atomic mass is 35.5. The Labute approximate surface area is 133 Å². The van der Waals surface area contributed by atoms with Crippen LogP contribution in [0.4, 0.5) is 5.69 Å². The Balaban J connectivity index is 2.29. The van der Waals surface area contributed by atoms with E-state index in [2.05, 4.69) is 6.07 Å². The summed E-state index contributed by atoms with van der Waals surface area (Å²) in [6.07, 6.45) is 0. The van der Waals surface area contributed by atoms with Crippen LogP contribution in [0.3, 0.4) is 0 Å². The van der Waals surface area contributed by atoms with E-state index in [9.17, 15) is 0 Å². The van der Waals surface area contributed by atoms with Crippen molar-refractivity contribution in [3.8, 4) is 16.9 Å². The Bertz CT molecular complexity index is 830. The molecule has 0 atom stereocenters. The maximum atomic E-state index is 6.08. The van der Waals surface area contributed by atoms with E-state index in [0.29, 0.717) is 15.7 Å². The molecule has 0 aliphatic heterocycles. The summed E-state index contributed by atoms with van der Waals surface area (Å²) >= 11 is 12.1. The molecule has 0 fully saturated rings. The van der Waals surface area contributed by atoms with Gasteiger partial charge < -0.3 is 10.5 Å². The van der Waals surface area contributed by atoms with Crippen molar-refractivity contribution in [3.63, 3.8) is 0 Å². The Morgan fingerprint density at radius 1 is 0.905 bits per heavy atom. The fourth-order valence-corrected chi connectivity index (χ4v) is 2.74. The largest absolute Gasteiger partial charge is 0.496 e. The predicted molar refractivity (Wildman–Crippen MR) is 90.4 cm³/mol. The van der Waals surface area contributed by atoms with Crippen molar-refractivity contribution >= 4 is 39.7 Å². The molecule has 0 saturated heterocycles. The lowest BCUT2D eigenvalue weighted by atomic mass is 9.99. The number of hydrogen-bond acceptors (Lipinski definition) is 2. The van der Waals surface area contributed by atoms with Crippen LogP contribution in [0.5, 0.6) is 5.75 Å². The quantitative estimate of drug-likeness (QED) is 0.642. The number of nitrogens with two attached hydrogens (primary N) is 1. The molecule has 0 aromatic heterocycles. The first-order chi connectivity index (χ1) is 10.1. The molecular weight excluding hydrogens is 305 g/mol. The van der Waals surface area contributed by atoms with Gasteiger partial charge in [0, 0.05) is 26.7 Å². The van der Waals surface area contributed by atoms with E-state index in [1.165, 1.54) is 0 Å². The standard InChI is InChI=1S/C17H13Cl2NO/c1-21-17-7-11(14-8-13(19)4-5-16(14)20)6-10-2-3-12(18)9-15(10)17/h2-9H,20H2,1H3. The number of benzene rings is 3. The summed E-state index contributed by atoms with van der Waals surface area (Å²) in [6, 6.07) is 15.1. The zero-order valence-electron chi connectivity index (χ0n) is 11.4. The topological polar surface area (TPSA) is 35.2 Å². The number of hydrogen-bond donors (Lipinski definition) is 1. The molecule has 3 aromatic rings. The second kappa shape index (κ2) is 5.47. The number of ether oxygens (including phenoxy) is 1. The lowest BCUT2D eigenvalue weighted by Crippen LogP contribution is -1.92. The van der Waals surface area contributed by atoms with Crippen molar-refractivity contribution in [2.24, 2.45) is 0 Å². The molecule has 0 aliphatic rings. The van der Waals surface area contributed by atoms with E-state index < -0.39 is 0 Å². The Kier molecular flexibility index (Phi) is 3.66. The SMILES string of the molecule is COc1cc(-c2cc(Cl)ccc2N)cc2ccc(Cl)cc12. The average Bonchev–Trinajstić information content (AvgIpc) is 2.48. The van der Waals surface area contributed by atoms with E-state index in [4.69, 9.17) is 33.7 Å². The van der Waals surface area contributed by atoms with E-state index in [1.807, 2.05) is 30.3 Å². The molecule has 0 spiro atoms.